The number of aromatic nitrogens is 2. The third kappa shape index (κ3) is 5.02. The van der Waals surface area contributed by atoms with Crippen LogP contribution in [0.4, 0.5) is 17.5 Å². The van der Waals surface area contributed by atoms with Gasteiger partial charge in [-0.15, -0.1) is 0 Å². The SMILES string of the molecule is CC(C)CN1CCC(Nc2nc(NC(C)(C)C)ncc2N)C1. The van der Waals surface area contributed by atoms with Crippen LogP contribution in [0, 0.1) is 5.92 Å². The van der Waals surface area contributed by atoms with E-state index < -0.39 is 0 Å². The summed E-state index contributed by atoms with van der Waals surface area (Å²) in [4.78, 5) is 11.3. The van der Waals surface area contributed by atoms with E-state index in [1.165, 1.54) is 0 Å². The van der Waals surface area contributed by atoms with Crippen molar-refractivity contribution in [3.05, 3.63) is 6.20 Å². The smallest absolute Gasteiger partial charge is 0.225 e. The van der Waals surface area contributed by atoms with Crippen molar-refractivity contribution in [3.8, 4) is 0 Å². The van der Waals surface area contributed by atoms with E-state index in [4.69, 9.17) is 5.73 Å². The van der Waals surface area contributed by atoms with E-state index in [1.807, 2.05) is 0 Å². The lowest BCUT2D eigenvalue weighted by molar-refractivity contribution is 0.296. The summed E-state index contributed by atoms with van der Waals surface area (Å²) in [6, 6.07) is 0.401. The molecule has 0 saturated carbocycles. The number of rotatable bonds is 5. The maximum atomic E-state index is 6.02. The minimum absolute atomic E-state index is 0.0746. The van der Waals surface area contributed by atoms with Gasteiger partial charge in [0, 0.05) is 31.2 Å². The molecule has 0 aromatic carbocycles. The summed E-state index contributed by atoms with van der Waals surface area (Å²) in [6.45, 7) is 14.1. The quantitative estimate of drug-likeness (QED) is 0.775. The third-order valence-electron chi connectivity index (χ3n) is 3.54. The highest BCUT2D eigenvalue weighted by Gasteiger charge is 2.24. The molecule has 1 aromatic rings. The lowest BCUT2D eigenvalue weighted by Crippen LogP contribution is -2.30. The average molecular weight is 306 g/mol. The number of anilines is 3. The molecule has 0 spiro atoms. The van der Waals surface area contributed by atoms with Crippen LogP contribution in [-0.4, -0.2) is 46.1 Å². The summed E-state index contributed by atoms with van der Waals surface area (Å²) in [7, 11) is 0. The minimum atomic E-state index is -0.0746. The van der Waals surface area contributed by atoms with Gasteiger partial charge in [0.2, 0.25) is 5.95 Å². The van der Waals surface area contributed by atoms with Crippen molar-refractivity contribution >= 4 is 17.5 Å². The molecule has 1 atom stereocenters. The first kappa shape index (κ1) is 16.8. The van der Waals surface area contributed by atoms with Crippen LogP contribution in [0.15, 0.2) is 6.20 Å². The molecular formula is C16H30N6. The van der Waals surface area contributed by atoms with Crippen molar-refractivity contribution in [2.75, 3.05) is 36.0 Å². The van der Waals surface area contributed by atoms with Crippen LogP contribution in [-0.2, 0) is 0 Å². The van der Waals surface area contributed by atoms with Gasteiger partial charge in [-0.3, -0.25) is 0 Å². The molecule has 22 heavy (non-hydrogen) atoms. The van der Waals surface area contributed by atoms with E-state index in [9.17, 15) is 0 Å². The highest BCUT2D eigenvalue weighted by atomic mass is 15.2. The lowest BCUT2D eigenvalue weighted by atomic mass is 10.1. The molecule has 1 aliphatic rings. The van der Waals surface area contributed by atoms with Crippen LogP contribution in [0.2, 0.25) is 0 Å². The Hall–Kier alpha value is -1.56. The second-order valence-corrected chi connectivity index (χ2v) is 7.66. The van der Waals surface area contributed by atoms with Crippen molar-refractivity contribution in [2.45, 2.75) is 52.6 Å². The van der Waals surface area contributed by atoms with Gasteiger partial charge in [-0.25, -0.2) is 4.98 Å². The molecule has 0 aliphatic carbocycles. The second-order valence-electron chi connectivity index (χ2n) is 7.66. The van der Waals surface area contributed by atoms with Gasteiger partial charge in [-0.2, -0.15) is 4.98 Å². The zero-order valence-electron chi connectivity index (χ0n) is 14.5. The van der Waals surface area contributed by atoms with E-state index in [0.29, 0.717) is 23.6 Å². The molecular weight excluding hydrogens is 276 g/mol. The fourth-order valence-electron chi connectivity index (χ4n) is 2.73. The maximum Gasteiger partial charge on any atom is 0.225 e. The molecule has 1 fully saturated rings. The van der Waals surface area contributed by atoms with Crippen molar-refractivity contribution in [2.24, 2.45) is 5.92 Å². The van der Waals surface area contributed by atoms with E-state index in [1.54, 1.807) is 6.20 Å². The van der Waals surface area contributed by atoms with Crippen LogP contribution >= 0.6 is 0 Å². The van der Waals surface area contributed by atoms with Crippen molar-refractivity contribution in [3.63, 3.8) is 0 Å². The normalized spacial score (nSPS) is 19.6. The van der Waals surface area contributed by atoms with E-state index in [2.05, 4.69) is 60.1 Å². The molecule has 6 nitrogen and oxygen atoms in total. The Kier molecular flexibility index (Phi) is 5.11. The zero-order valence-corrected chi connectivity index (χ0v) is 14.5. The molecule has 1 aliphatic heterocycles. The Morgan fingerprint density at radius 1 is 1.41 bits per heavy atom. The molecule has 2 heterocycles. The van der Waals surface area contributed by atoms with E-state index >= 15 is 0 Å². The number of nitrogen functional groups attached to an aromatic ring is 1. The predicted octanol–water partition coefficient (Wildman–Crippen LogP) is 2.41. The average Bonchev–Trinajstić information content (AvgIpc) is 2.78. The van der Waals surface area contributed by atoms with Gasteiger partial charge >= 0.3 is 0 Å². The van der Waals surface area contributed by atoms with Crippen molar-refractivity contribution in [1.29, 1.82) is 0 Å². The van der Waals surface area contributed by atoms with Gasteiger partial charge in [0.15, 0.2) is 5.82 Å². The van der Waals surface area contributed by atoms with Crippen LogP contribution in [0.1, 0.15) is 41.0 Å². The largest absolute Gasteiger partial charge is 0.394 e. The third-order valence-corrected chi connectivity index (χ3v) is 3.54. The fourth-order valence-corrected chi connectivity index (χ4v) is 2.73. The number of nitrogens with one attached hydrogen (secondary N) is 2. The number of likely N-dealkylation sites (tertiary alicyclic amines) is 1. The fraction of sp³-hybridized carbons (Fsp3) is 0.750. The first-order chi connectivity index (χ1) is 10.2. The van der Waals surface area contributed by atoms with Crippen LogP contribution in [0.5, 0.6) is 0 Å². The Bertz CT molecular complexity index is 494. The van der Waals surface area contributed by atoms with Gasteiger partial charge < -0.3 is 21.3 Å². The molecule has 0 bridgehead atoms. The van der Waals surface area contributed by atoms with Gasteiger partial charge in [-0.05, 0) is 33.1 Å². The number of nitrogens with zero attached hydrogens (tertiary/aromatic N) is 3. The summed E-state index contributed by atoms with van der Waals surface area (Å²) in [5, 5.41) is 6.76. The van der Waals surface area contributed by atoms with Crippen LogP contribution < -0.4 is 16.4 Å². The summed E-state index contributed by atoms with van der Waals surface area (Å²) in [6.07, 6.45) is 2.79. The molecule has 6 heteroatoms. The second kappa shape index (κ2) is 6.69. The molecule has 1 aromatic heterocycles. The van der Waals surface area contributed by atoms with Crippen LogP contribution in [0.3, 0.4) is 0 Å². The molecule has 0 radical (unpaired) electrons. The maximum absolute atomic E-state index is 6.02. The van der Waals surface area contributed by atoms with Crippen molar-refractivity contribution < 1.29 is 0 Å². The summed E-state index contributed by atoms with van der Waals surface area (Å²) < 4.78 is 0. The first-order valence-electron chi connectivity index (χ1n) is 8.12. The Morgan fingerprint density at radius 3 is 2.77 bits per heavy atom. The van der Waals surface area contributed by atoms with Gasteiger partial charge in [0.1, 0.15) is 0 Å². The molecule has 1 unspecified atom stereocenters. The van der Waals surface area contributed by atoms with Crippen LogP contribution in [0.25, 0.3) is 0 Å². The molecule has 2 rings (SSSR count). The number of hydrogen-bond donors (Lipinski definition) is 3. The molecule has 0 amide bonds. The predicted molar refractivity (Wildman–Crippen MR) is 93.1 cm³/mol. The minimum Gasteiger partial charge on any atom is -0.394 e. The summed E-state index contributed by atoms with van der Waals surface area (Å²) in [5.74, 6) is 2.05. The monoisotopic (exact) mass is 306 g/mol. The zero-order chi connectivity index (χ0) is 16.3. The molecule has 124 valence electrons. The Labute approximate surface area is 133 Å². The van der Waals surface area contributed by atoms with Gasteiger partial charge in [-0.1, -0.05) is 13.8 Å². The van der Waals surface area contributed by atoms with Gasteiger partial charge in [0.25, 0.3) is 0 Å². The summed E-state index contributed by atoms with van der Waals surface area (Å²) >= 11 is 0. The highest BCUT2D eigenvalue weighted by molar-refractivity contribution is 5.62. The number of nitrogens with two attached hydrogens (primary N) is 1. The summed E-state index contributed by atoms with van der Waals surface area (Å²) in [5.41, 5.74) is 6.54. The first-order valence-corrected chi connectivity index (χ1v) is 8.12. The van der Waals surface area contributed by atoms with Gasteiger partial charge in [0.05, 0.1) is 11.9 Å². The Morgan fingerprint density at radius 2 is 2.14 bits per heavy atom. The topological polar surface area (TPSA) is 79.1 Å². The standard InChI is InChI=1S/C16H30N6/c1-11(2)9-22-7-6-12(10-22)19-14-13(17)8-18-15(20-14)21-16(3,4)5/h8,11-12H,6-7,9-10,17H2,1-5H3,(H2,18,19,20,21). The number of hydrogen-bond acceptors (Lipinski definition) is 6. The highest BCUT2D eigenvalue weighted by Crippen LogP contribution is 2.22. The van der Waals surface area contributed by atoms with E-state index in [0.717, 1.165) is 31.9 Å². The van der Waals surface area contributed by atoms with E-state index in [-0.39, 0.29) is 5.54 Å². The Balaban J connectivity index is 1.99. The molecule has 4 N–H and O–H groups in total. The lowest BCUT2D eigenvalue weighted by Gasteiger charge is -2.22. The van der Waals surface area contributed by atoms with Crippen molar-refractivity contribution in [1.82, 2.24) is 14.9 Å². The molecule has 1 saturated heterocycles.